The van der Waals surface area contributed by atoms with Crippen LogP contribution in [0.1, 0.15) is 11.1 Å². The Bertz CT molecular complexity index is 653. The van der Waals surface area contributed by atoms with Gasteiger partial charge in [0.2, 0.25) is 0 Å². The minimum Gasteiger partial charge on any atom is -1.00 e. The summed E-state index contributed by atoms with van der Waals surface area (Å²) in [7, 11) is 0. The number of halogens is 1. The molecular formula is C21H28ClN2O2-. The zero-order valence-electron chi connectivity index (χ0n) is 15.6. The summed E-state index contributed by atoms with van der Waals surface area (Å²) in [6, 6.07) is 16.6. The number of hydrogen-bond donors (Lipinski definition) is 1. The number of aliphatic hydroxyl groups is 1. The Morgan fingerprint density at radius 1 is 0.923 bits per heavy atom. The summed E-state index contributed by atoms with van der Waals surface area (Å²) in [5, 5.41) is 10.3. The average Bonchev–Trinajstić information content (AvgIpc) is 2.63. The molecule has 1 atom stereocenters. The predicted octanol–water partition coefficient (Wildman–Crippen LogP) is -0.131. The second kappa shape index (κ2) is 9.81. The molecule has 1 heterocycles. The van der Waals surface area contributed by atoms with Crippen LogP contribution in [0.2, 0.25) is 0 Å². The Morgan fingerprint density at radius 2 is 1.54 bits per heavy atom. The molecule has 0 bridgehead atoms. The molecule has 2 aromatic carbocycles. The molecule has 3 rings (SSSR count). The molecule has 0 aliphatic carbocycles. The van der Waals surface area contributed by atoms with E-state index < -0.39 is 6.10 Å². The van der Waals surface area contributed by atoms with Crippen molar-refractivity contribution in [3.63, 3.8) is 0 Å². The van der Waals surface area contributed by atoms with Gasteiger partial charge < -0.3 is 27.2 Å². The fraction of sp³-hybridized carbons (Fsp3) is 0.429. The van der Waals surface area contributed by atoms with E-state index in [0.29, 0.717) is 13.2 Å². The Hall–Kier alpha value is -1.75. The van der Waals surface area contributed by atoms with Crippen molar-refractivity contribution in [3.8, 4) is 5.75 Å². The molecule has 1 N–H and O–H groups in total. The molecule has 0 radical (unpaired) electrons. The number of benzene rings is 2. The van der Waals surface area contributed by atoms with Gasteiger partial charge in [-0.25, -0.2) is 0 Å². The average molecular weight is 376 g/mol. The Balaban J connectivity index is 0.00000243. The molecule has 26 heavy (non-hydrogen) atoms. The molecule has 0 spiro atoms. The van der Waals surface area contributed by atoms with Gasteiger partial charge >= 0.3 is 0 Å². The SMILES string of the molecule is Cc1cccc(C)c1OCC(O)CN1CCN(c2ccccc2)CC1.[Cl-]. The van der Waals surface area contributed by atoms with Crippen LogP contribution in [0.3, 0.4) is 0 Å². The molecule has 5 heteroatoms. The number of para-hydroxylation sites is 2. The lowest BCUT2D eigenvalue weighted by atomic mass is 10.1. The van der Waals surface area contributed by atoms with Gasteiger partial charge in [-0.15, -0.1) is 0 Å². The maximum Gasteiger partial charge on any atom is 0.125 e. The van der Waals surface area contributed by atoms with Crippen LogP contribution >= 0.6 is 0 Å². The number of ether oxygens (including phenoxy) is 1. The van der Waals surface area contributed by atoms with E-state index in [4.69, 9.17) is 4.74 Å². The first kappa shape index (κ1) is 20.6. The smallest absolute Gasteiger partial charge is 0.125 e. The molecule has 0 amide bonds. The van der Waals surface area contributed by atoms with Gasteiger partial charge in [0.1, 0.15) is 18.5 Å². The molecule has 1 saturated heterocycles. The zero-order valence-corrected chi connectivity index (χ0v) is 16.3. The van der Waals surface area contributed by atoms with Gasteiger partial charge in [0.25, 0.3) is 0 Å². The summed E-state index contributed by atoms with van der Waals surface area (Å²) in [4.78, 5) is 4.72. The molecule has 1 fully saturated rings. The van der Waals surface area contributed by atoms with Crippen LogP contribution in [0.5, 0.6) is 5.75 Å². The highest BCUT2D eigenvalue weighted by molar-refractivity contribution is 5.46. The normalized spacial score (nSPS) is 16.0. The number of β-amino-alcohol motifs (C(OH)–C–C–N with tert-alkyl or cyclic N) is 1. The summed E-state index contributed by atoms with van der Waals surface area (Å²) in [6.07, 6.45) is -0.470. The molecule has 0 saturated carbocycles. The standard InChI is InChI=1S/C21H28N2O2.ClH/c1-17-7-6-8-18(2)21(17)25-16-20(24)15-22-11-13-23(14-12-22)19-9-4-3-5-10-19;/h3-10,20,24H,11-16H2,1-2H3;1H/p-1. The van der Waals surface area contributed by atoms with Gasteiger partial charge in [0.05, 0.1) is 0 Å². The van der Waals surface area contributed by atoms with Gasteiger partial charge in [-0.05, 0) is 37.1 Å². The molecule has 0 aromatic heterocycles. The second-order valence-corrected chi connectivity index (χ2v) is 6.81. The molecule has 4 nitrogen and oxygen atoms in total. The van der Waals surface area contributed by atoms with Crippen molar-refractivity contribution >= 4 is 5.69 Å². The van der Waals surface area contributed by atoms with E-state index in [1.165, 1.54) is 5.69 Å². The number of nitrogens with zero attached hydrogens (tertiary/aromatic N) is 2. The van der Waals surface area contributed by atoms with Gasteiger partial charge in [-0.1, -0.05) is 36.4 Å². The number of rotatable bonds is 6. The van der Waals surface area contributed by atoms with Crippen molar-refractivity contribution in [1.29, 1.82) is 0 Å². The minimum absolute atomic E-state index is 0. The highest BCUT2D eigenvalue weighted by Crippen LogP contribution is 2.22. The fourth-order valence-corrected chi connectivity index (χ4v) is 3.38. The third-order valence-electron chi connectivity index (χ3n) is 4.79. The van der Waals surface area contributed by atoms with Gasteiger partial charge in [0, 0.05) is 38.4 Å². The Labute approximate surface area is 162 Å². The predicted molar refractivity (Wildman–Crippen MR) is 103 cm³/mol. The molecule has 142 valence electrons. The number of piperazine rings is 1. The first-order chi connectivity index (χ1) is 12.1. The topological polar surface area (TPSA) is 35.9 Å². The lowest BCUT2D eigenvalue weighted by Crippen LogP contribution is -3.00. The maximum absolute atomic E-state index is 10.3. The van der Waals surface area contributed by atoms with E-state index in [2.05, 4.69) is 34.1 Å². The summed E-state index contributed by atoms with van der Waals surface area (Å²) in [6.45, 7) is 9.00. The van der Waals surface area contributed by atoms with Crippen molar-refractivity contribution in [3.05, 3.63) is 59.7 Å². The minimum atomic E-state index is -0.470. The summed E-state index contributed by atoms with van der Waals surface area (Å²) in [5.41, 5.74) is 3.51. The summed E-state index contributed by atoms with van der Waals surface area (Å²) in [5.74, 6) is 0.899. The fourth-order valence-electron chi connectivity index (χ4n) is 3.38. The highest BCUT2D eigenvalue weighted by Gasteiger charge is 2.20. The highest BCUT2D eigenvalue weighted by atomic mass is 35.5. The zero-order chi connectivity index (χ0) is 17.6. The number of hydrogen-bond acceptors (Lipinski definition) is 4. The molecule has 1 aliphatic rings. The molecule has 2 aromatic rings. The molecular weight excluding hydrogens is 348 g/mol. The maximum atomic E-state index is 10.3. The second-order valence-electron chi connectivity index (χ2n) is 6.81. The quantitative estimate of drug-likeness (QED) is 0.763. The lowest BCUT2D eigenvalue weighted by molar-refractivity contribution is -0.00000753. The number of aliphatic hydroxyl groups excluding tert-OH is 1. The molecule has 1 aliphatic heterocycles. The monoisotopic (exact) mass is 375 g/mol. The third-order valence-corrected chi connectivity index (χ3v) is 4.79. The van der Waals surface area contributed by atoms with Crippen molar-refractivity contribution in [1.82, 2.24) is 4.90 Å². The Morgan fingerprint density at radius 3 is 2.15 bits per heavy atom. The van der Waals surface area contributed by atoms with Crippen molar-refractivity contribution in [2.24, 2.45) is 0 Å². The van der Waals surface area contributed by atoms with Crippen molar-refractivity contribution < 1.29 is 22.3 Å². The number of aryl methyl sites for hydroxylation is 2. The summed E-state index contributed by atoms with van der Waals surface area (Å²) < 4.78 is 5.87. The van der Waals surface area contributed by atoms with Gasteiger partial charge in [-0.2, -0.15) is 0 Å². The van der Waals surface area contributed by atoms with E-state index in [9.17, 15) is 5.11 Å². The van der Waals surface area contributed by atoms with E-state index in [1.54, 1.807) is 0 Å². The van der Waals surface area contributed by atoms with E-state index in [0.717, 1.165) is 43.1 Å². The van der Waals surface area contributed by atoms with Crippen LogP contribution in [0.4, 0.5) is 5.69 Å². The third kappa shape index (κ3) is 5.37. The van der Waals surface area contributed by atoms with Crippen LogP contribution < -0.4 is 22.0 Å². The molecule has 1 unspecified atom stereocenters. The first-order valence-corrected chi connectivity index (χ1v) is 9.03. The van der Waals surface area contributed by atoms with Crippen LogP contribution in [-0.4, -0.2) is 55.4 Å². The van der Waals surface area contributed by atoms with E-state index in [-0.39, 0.29) is 12.4 Å². The van der Waals surface area contributed by atoms with Gasteiger partial charge in [0.15, 0.2) is 0 Å². The van der Waals surface area contributed by atoms with Crippen LogP contribution in [0.15, 0.2) is 48.5 Å². The Kier molecular flexibility index (Phi) is 7.76. The lowest BCUT2D eigenvalue weighted by Gasteiger charge is -2.36. The van der Waals surface area contributed by atoms with E-state index in [1.807, 2.05) is 38.1 Å². The van der Waals surface area contributed by atoms with Gasteiger partial charge in [-0.3, -0.25) is 4.90 Å². The number of anilines is 1. The van der Waals surface area contributed by atoms with E-state index >= 15 is 0 Å². The van der Waals surface area contributed by atoms with Crippen LogP contribution in [-0.2, 0) is 0 Å². The largest absolute Gasteiger partial charge is 1.00 e. The van der Waals surface area contributed by atoms with Crippen LogP contribution in [0.25, 0.3) is 0 Å². The summed E-state index contributed by atoms with van der Waals surface area (Å²) >= 11 is 0. The van der Waals surface area contributed by atoms with Crippen molar-refractivity contribution in [2.45, 2.75) is 20.0 Å². The van der Waals surface area contributed by atoms with Crippen LogP contribution in [0, 0.1) is 13.8 Å². The first-order valence-electron chi connectivity index (χ1n) is 9.03. The van der Waals surface area contributed by atoms with Crippen molar-refractivity contribution in [2.75, 3.05) is 44.2 Å².